The molecular weight excluding hydrogens is 586 g/mol. The maximum Gasteiger partial charge on any atom is 0.472 e. The lowest BCUT2D eigenvalue weighted by Gasteiger charge is -2.25. The summed E-state index contributed by atoms with van der Waals surface area (Å²) in [6.45, 7) is -0.680. The van der Waals surface area contributed by atoms with Crippen molar-refractivity contribution < 1.29 is 42.2 Å². The van der Waals surface area contributed by atoms with Crippen molar-refractivity contribution in [1.29, 1.82) is 0 Å². The lowest BCUT2D eigenvalue weighted by molar-refractivity contribution is -0.0716. The van der Waals surface area contributed by atoms with Crippen LogP contribution in [0.25, 0.3) is 22.3 Å². The second kappa shape index (κ2) is 9.99. The number of alkyl halides is 1. The fraction of sp³-hybridized carbons (Fsp3) is 0.524. The van der Waals surface area contributed by atoms with Crippen molar-refractivity contribution in [2.75, 3.05) is 24.7 Å². The fourth-order valence-electron chi connectivity index (χ4n) is 5.41. The van der Waals surface area contributed by atoms with Crippen LogP contribution >= 0.6 is 7.82 Å². The number of nitrogens with one attached hydrogen (secondary N) is 1. The SMILES string of the molecule is Nc1nc2c(ncn2C2OC3CCOC4C(COP(=O)(O)OC2C3F)OC(n2cnc3c(N)ncnc32)C4O)c(=O)[nH]1. The molecule has 7 rings (SSSR count). The highest BCUT2D eigenvalue weighted by atomic mass is 31.2. The van der Waals surface area contributed by atoms with Crippen LogP contribution in [0.3, 0.4) is 0 Å². The number of halogens is 1. The molecule has 0 radical (unpaired) electrons. The Hall–Kier alpha value is -3.62. The summed E-state index contributed by atoms with van der Waals surface area (Å²) in [5, 5.41) is 11.2. The van der Waals surface area contributed by atoms with Gasteiger partial charge in [0.1, 0.15) is 36.3 Å². The van der Waals surface area contributed by atoms with Gasteiger partial charge >= 0.3 is 7.82 Å². The van der Waals surface area contributed by atoms with Gasteiger partial charge in [0.05, 0.1) is 25.4 Å². The molecule has 224 valence electrons. The van der Waals surface area contributed by atoms with Gasteiger partial charge in [0.15, 0.2) is 41.3 Å². The van der Waals surface area contributed by atoms with E-state index in [2.05, 4.69) is 29.9 Å². The van der Waals surface area contributed by atoms with E-state index in [0.29, 0.717) is 0 Å². The van der Waals surface area contributed by atoms with Gasteiger partial charge in [-0.2, -0.15) is 4.98 Å². The Labute approximate surface area is 233 Å². The normalized spacial score (nSPS) is 35.7. The van der Waals surface area contributed by atoms with E-state index in [-0.39, 0.29) is 47.1 Å². The highest BCUT2D eigenvalue weighted by Crippen LogP contribution is 2.51. The number of aromatic nitrogens is 8. The second-order valence-corrected chi connectivity index (χ2v) is 11.3. The van der Waals surface area contributed by atoms with E-state index < -0.39 is 69.1 Å². The molecule has 3 fully saturated rings. The van der Waals surface area contributed by atoms with Crippen LogP contribution in [0, 0.1) is 0 Å². The lowest BCUT2D eigenvalue weighted by atomic mass is 10.1. The van der Waals surface area contributed by atoms with Gasteiger partial charge in [-0.05, 0) is 0 Å². The molecule has 42 heavy (non-hydrogen) atoms. The van der Waals surface area contributed by atoms with Crippen molar-refractivity contribution in [3.63, 3.8) is 0 Å². The quantitative estimate of drug-likeness (QED) is 0.169. The Morgan fingerprint density at radius 1 is 1.02 bits per heavy atom. The molecule has 9 atom stereocenters. The zero-order valence-corrected chi connectivity index (χ0v) is 22.2. The van der Waals surface area contributed by atoms with Crippen LogP contribution in [-0.2, 0) is 27.8 Å². The van der Waals surface area contributed by atoms with Crippen LogP contribution < -0.4 is 17.0 Å². The highest BCUT2D eigenvalue weighted by Gasteiger charge is 2.53. The molecule has 0 aromatic carbocycles. The predicted octanol–water partition coefficient (Wildman–Crippen LogP) is -1.09. The minimum Gasteiger partial charge on any atom is -0.386 e. The summed E-state index contributed by atoms with van der Waals surface area (Å²) in [4.78, 5) is 45.4. The van der Waals surface area contributed by atoms with Gasteiger partial charge in [0, 0.05) is 13.0 Å². The van der Waals surface area contributed by atoms with Crippen molar-refractivity contribution in [2.45, 2.75) is 55.6 Å². The highest BCUT2D eigenvalue weighted by molar-refractivity contribution is 7.47. The molecule has 0 spiro atoms. The van der Waals surface area contributed by atoms with E-state index in [4.69, 9.17) is 34.7 Å². The molecule has 3 aliphatic heterocycles. The first-order chi connectivity index (χ1) is 20.1. The summed E-state index contributed by atoms with van der Waals surface area (Å²) in [6.07, 6.45) is -7.02. The third-order valence-electron chi connectivity index (χ3n) is 7.33. The van der Waals surface area contributed by atoms with Gasteiger partial charge in [-0.1, -0.05) is 0 Å². The van der Waals surface area contributed by atoms with Gasteiger partial charge in [0.2, 0.25) is 5.95 Å². The van der Waals surface area contributed by atoms with Crippen LogP contribution in [0.2, 0.25) is 0 Å². The average Bonchev–Trinajstić information content (AvgIpc) is 3.69. The first-order valence-corrected chi connectivity index (χ1v) is 14.2. The van der Waals surface area contributed by atoms with Crippen LogP contribution in [0.1, 0.15) is 18.9 Å². The van der Waals surface area contributed by atoms with E-state index in [1.807, 2.05) is 0 Å². The molecule has 19 nitrogen and oxygen atoms in total. The summed E-state index contributed by atoms with van der Waals surface area (Å²) in [6, 6.07) is 0. The molecule has 3 aliphatic rings. The number of nitrogens with zero attached hydrogens (tertiary/aromatic N) is 7. The van der Waals surface area contributed by atoms with Crippen LogP contribution in [0.15, 0.2) is 23.8 Å². The van der Waals surface area contributed by atoms with Crippen molar-refractivity contribution in [2.24, 2.45) is 0 Å². The van der Waals surface area contributed by atoms with Crippen LogP contribution in [0.5, 0.6) is 0 Å². The molecule has 0 amide bonds. The third-order valence-corrected chi connectivity index (χ3v) is 8.31. The average molecular weight is 610 g/mol. The van der Waals surface area contributed by atoms with Crippen LogP contribution in [0.4, 0.5) is 16.2 Å². The van der Waals surface area contributed by atoms with Crippen molar-refractivity contribution in [1.82, 2.24) is 39.0 Å². The molecule has 9 unspecified atom stereocenters. The minimum absolute atomic E-state index is 0.0464. The number of ether oxygens (including phenoxy) is 3. The molecular formula is C21H24FN10O9P. The smallest absolute Gasteiger partial charge is 0.386 e. The topological polar surface area (TPSA) is 263 Å². The van der Waals surface area contributed by atoms with E-state index in [0.717, 1.165) is 6.33 Å². The predicted molar refractivity (Wildman–Crippen MR) is 136 cm³/mol. The minimum atomic E-state index is -4.98. The van der Waals surface area contributed by atoms with Gasteiger partial charge < -0.3 is 35.7 Å². The Morgan fingerprint density at radius 2 is 1.76 bits per heavy atom. The van der Waals surface area contributed by atoms with E-state index in [9.17, 15) is 19.4 Å². The Kier molecular flexibility index (Phi) is 6.47. The number of anilines is 2. The number of H-pyrrole nitrogens is 1. The zero-order chi connectivity index (χ0) is 29.3. The first-order valence-electron chi connectivity index (χ1n) is 12.7. The molecule has 7 heterocycles. The van der Waals surface area contributed by atoms with E-state index in [1.54, 1.807) is 0 Å². The summed E-state index contributed by atoms with van der Waals surface area (Å²) in [7, 11) is -4.98. The lowest BCUT2D eigenvalue weighted by Crippen LogP contribution is -2.38. The number of phosphoric acid groups is 1. The Bertz CT molecular complexity index is 1770. The number of hydrogen-bond donors (Lipinski definition) is 5. The maximum absolute atomic E-state index is 15.7. The Morgan fingerprint density at radius 3 is 2.57 bits per heavy atom. The van der Waals surface area contributed by atoms with Crippen LogP contribution in [-0.4, -0.2) is 98.9 Å². The summed E-state index contributed by atoms with van der Waals surface area (Å²) in [5.41, 5.74) is 11.3. The number of fused-ring (bicyclic) bond motifs is 5. The number of nitrogens with two attached hydrogens (primary N) is 2. The molecule has 0 saturated carbocycles. The third kappa shape index (κ3) is 4.43. The monoisotopic (exact) mass is 610 g/mol. The molecule has 4 aromatic rings. The summed E-state index contributed by atoms with van der Waals surface area (Å²) < 4.78 is 59.6. The molecule has 2 bridgehead atoms. The number of hydrogen-bond acceptors (Lipinski definition) is 15. The fourth-order valence-corrected chi connectivity index (χ4v) is 6.33. The zero-order valence-electron chi connectivity index (χ0n) is 21.3. The number of phosphoric ester groups is 1. The van der Waals surface area contributed by atoms with Crippen molar-refractivity contribution >= 4 is 41.9 Å². The number of aliphatic hydroxyl groups is 1. The Balaban J connectivity index is 1.17. The summed E-state index contributed by atoms with van der Waals surface area (Å²) in [5.74, 6) is -0.101. The van der Waals surface area contributed by atoms with E-state index >= 15 is 4.39 Å². The maximum atomic E-state index is 15.7. The standard InChI is InChI=1S/C21H24FN10O9P/c22-9-7-1-2-37-13-8(40-19(12(13)33)31-5-27-10-15(23)25-4-26-16(10)31)3-38-42(35,36)41-14(9)20(39-7)32-6-28-11-17(32)29-21(24)30-18(11)34/h4-9,12-14,19-20,33H,1-3H2,(H,35,36)(H2,23,25,26)(H3,24,29,30,34). The number of imidazole rings is 2. The molecule has 21 heteroatoms. The largest absolute Gasteiger partial charge is 0.472 e. The van der Waals surface area contributed by atoms with Crippen molar-refractivity contribution in [3.05, 3.63) is 29.3 Å². The van der Waals surface area contributed by atoms with E-state index in [1.165, 1.54) is 21.8 Å². The summed E-state index contributed by atoms with van der Waals surface area (Å²) >= 11 is 0. The van der Waals surface area contributed by atoms with Gasteiger partial charge in [-0.15, -0.1) is 0 Å². The molecule has 7 N–H and O–H groups in total. The number of nitrogen functional groups attached to an aromatic ring is 2. The number of aliphatic hydroxyl groups excluding tert-OH is 1. The second-order valence-electron chi connectivity index (χ2n) is 9.88. The van der Waals surface area contributed by atoms with Gasteiger partial charge in [-0.3, -0.25) is 28.0 Å². The van der Waals surface area contributed by atoms with Gasteiger partial charge in [-0.25, -0.2) is 28.9 Å². The first kappa shape index (κ1) is 27.2. The number of rotatable bonds is 2. The number of aromatic amines is 1. The molecule has 4 aromatic heterocycles. The molecule has 0 aliphatic carbocycles. The molecule has 3 saturated heterocycles. The van der Waals surface area contributed by atoms with Crippen molar-refractivity contribution in [3.8, 4) is 0 Å². The van der Waals surface area contributed by atoms with Gasteiger partial charge in [0.25, 0.3) is 5.56 Å².